The van der Waals surface area contributed by atoms with Gasteiger partial charge in [0.1, 0.15) is 0 Å². The summed E-state index contributed by atoms with van der Waals surface area (Å²) in [4.78, 5) is 0. The van der Waals surface area contributed by atoms with Gasteiger partial charge in [0.15, 0.2) is 0 Å². The molecule has 0 aliphatic heterocycles. The van der Waals surface area contributed by atoms with Gasteiger partial charge >= 0.3 is 0 Å². The van der Waals surface area contributed by atoms with Gasteiger partial charge in [-0.3, -0.25) is 0 Å². The van der Waals surface area contributed by atoms with Crippen LogP contribution in [0.5, 0.6) is 0 Å². The molecule has 0 saturated heterocycles. The second-order valence-electron chi connectivity index (χ2n) is 3.92. The molecule has 0 nitrogen and oxygen atoms in total. The second-order valence-corrected chi connectivity index (χ2v) is 3.92. The van der Waals surface area contributed by atoms with E-state index in [0.717, 1.165) is 12.3 Å². The van der Waals surface area contributed by atoms with Gasteiger partial charge in [-0.15, -0.1) is 0 Å². The fourth-order valence-corrected chi connectivity index (χ4v) is 1.25. The van der Waals surface area contributed by atoms with Crippen LogP contribution in [-0.4, -0.2) is 0 Å². The van der Waals surface area contributed by atoms with Crippen LogP contribution >= 0.6 is 0 Å². The first-order chi connectivity index (χ1) is 5.56. The first-order valence-electron chi connectivity index (χ1n) is 4.89. The van der Waals surface area contributed by atoms with E-state index in [4.69, 9.17) is 0 Å². The third-order valence-corrected chi connectivity index (χ3v) is 2.42. The molecule has 0 aliphatic carbocycles. The van der Waals surface area contributed by atoms with Crippen molar-refractivity contribution in [2.24, 2.45) is 11.8 Å². The molecule has 0 aromatic heterocycles. The van der Waals surface area contributed by atoms with Crippen molar-refractivity contribution in [2.45, 2.75) is 46.5 Å². The lowest BCUT2D eigenvalue weighted by atomic mass is 9.94. The average Bonchev–Trinajstić information content (AvgIpc) is 1.99. The topological polar surface area (TPSA) is 0 Å². The molecule has 12 heavy (non-hydrogen) atoms. The summed E-state index contributed by atoms with van der Waals surface area (Å²) in [6.07, 6.45) is 4.10. The minimum atomic E-state index is -0.174. The monoisotopic (exact) mass is 172 g/mol. The van der Waals surface area contributed by atoms with E-state index in [0.29, 0.717) is 12.3 Å². The summed E-state index contributed by atoms with van der Waals surface area (Å²) in [6, 6.07) is 0. The quantitative estimate of drug-likeness (QED) is 0.559. The fraction of sp³-hybridized carbons (Fsp3) is 0.818. The lowest BCUT2D eigenvalue weighted by Gasteiger charge is -2.12. The summed E-state index contributed by atoms with van der Waals surface area (Å²) in [5.74, 6) is 1.06. The van der Waals surface area contributed by atoms with E-state index in [-0.39, 0.29) is 5.83 Å². The molecule has 0 saturated carbocycles. The fourth-order valence-electron chi connectivity index (χ4n) is 1.25. The highest BCUT2D eigenvalue weighted by atomic mass is 19.1. The summed E-state index contributed by atoms with van der Waals surface area (Å²) in [5.41, 5.74) is 0. The smallest absolute Gasteiger partial charge is 0.0930 e. The molecule has 0 N–H and O–H groups in total. The molecule has 0 aromatic rings. The molecule has 0 bridgehead atoms. The van der Waals surface area contributed by atoms with Gasteiger partial charge in [0.2, 0.25) is 0 Å². The van der Waals surface area contributed by atoms with Gasteiger partial charge in [-0.1, -0.05) is 46.6 Å². The zero-order valence-electron chi connectivity index (χ0n) is 8.57. The van der Waals surface area contributed by atoms with Crippen LogP contribution in [0.2, 0.25) is 0 Å². The van der Waals surface area contributed by atoms with Crippen LogP contribution in [0.3, 0.4) is 0 Å². The molecule has 0 spiro atoms. The molecule has 72 valence electrons. The molecular weight excluding hydrogens is 151 g/mol. The minimum absolute atomic E-state index is 0.174. The predicted octanol–water partition coefficient (Wildman–Crippen LogP) is 4.32. The highest BCUT2D eigenvalue weighted by Crippen LogP contribution is 2.20. The summed E-state index contributed by atoms with van der Waals surface area (Å²) in [6.45, 7) is 9.81. The molecule has 0 fully saturated rings. The van der Waals surface area contributed by atoms with Gasteiger partial charge in [-0.05, 0) is 11.8 Å². The Morgan fingerprint density at radius 3 is 2.17 bits per heavy atom. The van der Waals surface area contributed by atoms with Gasteiger partial charge in [-0.25, -0.2) is 4.39 Å². The summed E-state index contributed by atoms with van der Waals surface area (Å²) >= 11 is 0. The van der Waals surface area contributed by atoms with Crippen molar-refractivity contribution in [1.29, 1.82) is 0 Å². The minimum Gasteiger partial charge on any atom is -0.212 e. The Balaban J connectivity index is 3.43. The third kappa shape index (κ3) is 6.38. The van der Waals surface area contributed by atoms with E-state index in [2.05, 4.69) is 27.4 Å². The Bertz CT molecular complexity index is 129. The zero-order valence-corrected chi connectivity index (χ0v) is 8.57. The van der Waals surface area contributed by atoms with Gasteiger partial charge in [0.25, 0.3) is 0 Å². The maximum atomic E-state index is 12.4. The Morgan fingerprint density at radius 2 is 1.75 bits per heavy atom. The van der Waals surface area contributed by atoms with Crippen molar-refractivity contribution in [2.75, 3.05) is 0 Å². The van der Waals surface area contributed by atoms with Crippen LogP contribution in [0, 0.1) is 11.8 Å². The van der Waals surface area contributed by atoms with Crippen molar-refractivity contribution in [3.05, 3.63) is 12.4 Å². The second kappa shape index (κ2) is 6.22. The molecule has 1 heteroatoms. The number of hydrogen-bond donors (Lipinski definition) is 0. The van der Waals surface area contributed by atoms with Crippen molar-refractivity contribution in [1.82, 2.24) is 0 Å². The molecule has 0 rings (SSSR count). The molecular formula is C11H21F. The SMILES string of the molecule is C=C(F)CC(C)CCC(C)CC. The standard InChI is InChI=1S/C11H21F/c1-5-9(2)6-7-10(3)8-11(4)12/h9-10H,4-8H2,1-3H3. The molecule has 0 amide bonds. The molecule has 0 radical (unpaired) electrons. The first kappa shape index (κ1) is 11.7. The van der Waals surface area contributed by atoms with Crippen molar-refractivity contribution in [3.63, 3.8) is 0 Å². The highest BCUT2D eigenvalue weighted by molar-refractivity contribution is 4.81. The maximum Gasteiger partial charge on any atom is 0.0930 e. The van der Waals surface area contributed by atoms with Gasteiger partial charge in [0.05, 0.1) is 5.83 Å². The van der Waals surface area contributed by atoms with Gasteiger partial charge in [0, 0.05) is 6.42 Å². The number of allylic oxidation sites excluding steroid dienone is 1. The molecule has 0 heterocycles. The van der Waals surface area contributed by atoms with Gasteiger partial charge < -0.3 is 0 Å². The Labute approximate surface area is 75.9 Å². The van der Waals surface area contributed by atoms with Crippen LogP contribution in [0.1, 0.15) is 46.5 Å². The van der Waals surface area contributed by atoms with Crippen LogP contribution in [-0.2, 0) is 0 Å². The van der Waals surface area contributed by atoms with E-state index < -0.39 is 0 Å². The van der Waals surface area contributed by atoms with Crippen LogP contribution in [0.4, 0.5) is 4.39 Å². The molecule has 2 unspecified atom stereocenters. The molecule has 2 atom stereocenters. The number of rotatable bonds is 6. The number of halogens is 1. The molecule has 0 aliphatic rings. The maximum absolute atomic E-state index is 12.4. The Morgan fingerprint density at radius 1 is 1.25 bits per heavy atom. The lowest BCUT2D eigenvalue weighted by Crippen LogP contribution is -1.99. The summed E-state index contributed by atoms with van der Waals surface area (Å²) in [5, 5.41) is 0. The van der Waals surface area contributed by atoms with Crippen molar-refractivity contribution < 1.29 is 4.39 Å². The normalized spacial score (nSPS) is 15.7. The first-order valence-corrected chi connectivity index (χ1v) is 4.89. The van der Waals surface area contributed by atoms with Crippen LogP contribution < -0.4 is 0 Å². The lowest BCUT2D eigenvalue weighted by molar-refractivity contribution is 0.400. The largest absolute Gasteiger partial charge is 0.212 e. The molecule has 0 aromatic carbocycles. The van der Waals surface area contributed by atoms with E-state index in [1.54, 1.807) is 0 Å². The summed E-state index contributed by atoms with van der Waals surface area (Å²) < 4.78 is 12.4. The highest BCUT2D eigenvalue weighted by Gasteiger charge is 2.06. The van der Waals surface area contributed by atoms with E-state index >= 15 is 0 Å². The average molecular weight is 172 g/mol. The Kier molecular flexibility index (Phi) is 6.04. The van der Waals surface area contributed by atoms with E-state index in [1.165, 1.54) is 12.8 Å². The third-order valence-electron chi connectivity index (χ3n) is 2.42. The zero-order chi connectivity index (χ0) is 9.56. The number of hydrogen-bond acceptors (Lipinski definition) is 0. The van der Waals surface area contributed by atoms with Crippen LogP contribution in [0.15, 0.2) is 12.4 Å². The predicted molar refractivity (Wildman–Crippen MR) is 52.7 cm³/mol. The van der Waals surface area contributed by atoms with Crippen molar-refractivity contribution >= 4 is 0 Å². The van der Waals surface area contributed by atoms with Crippen LogP contribution in [0.25, 0.3) is 0 Å². The summed E-state index contributed by atoms with van der Waals surface area (Å²) in [7, 11) is 0. The van der Waals surface area contributed by atoms with Crippen molar-refractivity contribution in [3.8, 4) is 0 Å². The van der Waals surface area contributed by atoms with Gasteiger partial charge in [-0.2, -0.15) is 0 Å². The van der Waals surface area contributed by atoms with E-state index in [9.17, 15) is 4.39 Å². The van der Waals surface area contributed by atoms with E-state index in [1.807, 2.05) is 0 Å². The Hall–Kier alpha value is -0.330.